The van der Waals surface area contributed by atoms with Crippen LogP contribution in [0.15, 0.2) is 23.1 Å². The summed E-state index contributed by atoms with van der Waals surface area (Å²) >= 11 is 0. The van der Waals surface area contributed by atoms with Gasteiger partial charge in [0.1, 0.15) is 0 Å². The van der Waals surface area contributed by atoms with Crippen molar-refractivity contribution < 1.29 is 17.9 Å². The van der Waals surface area contributed by atoms with Crippen molar-refractivity contribution in [1.82, 2.24) is 9.62 Å². The number of hydrogen-bond donors (Lipinski definition) is 1. The van der Waals surface area contributed by atoms with E-state index in [1.165, 1.54) is 4.31 Å². The molecule has 1 saturated heterocycles. The van der Waals surface area contributed by atoms with Crippen LogP contribution in [-0.2, 0) is 26.0 Å². The minimum atomic E-state index is -3.49. The maximum absolute atomic E-state index is 12.8. The molecular formula is C19H29N3O4S. The number of morpholine rings is 1. The highest BCUT2D eigenvalue weighted by Gasteiger charge is 2.29. The van der Waals surface area contributed by atoms with Gasteiger partial charge >= 0.3 is 0 Å². The first-order valence-corrected chi connectivity index (χ1v) is 11.1. The molecule has 27 heavy (non-hydrogen) atoms. The zero-order valence-corrected chi connectivity index (χ0v) is 16.9. The molecule has 0 unspecified atom stereocenters. The van der Waals surface area contributed by atoms with E-state index in [0.717, 1.165) is 37.1 Å². The molecule has 150 valence electrons. The Bertz CT molecular complexity index is 771. The molecule has 1 amide bonds. The van der Waals surface area contributed by atoms with Crippen LogP contribution in [0.5, 0.6) is 0 Å². The minimum absolute atomic E-state index is 0.0153. The highest BCUT2D eigenvalue weighted by molar-refractivity contribution is 7.89. The molecule has 8 heteroatoms. The van der Waals surface area contributed by atoms with E-state index in [9.17, 15) is 13.2 Å². The molecule has 1 aromatic rings. The van der Waals surface area contributed by atoms with E-state index in [0.29, 0.717) is 37.7 Å². The Hall–Kier alpha value is -1.64. The largest absolute Gasteiger partial charge is 0.379 e. The van der Waals surface area contributed by atoms with Crippen molar-refractivity contribution in [2.24, 2.45) is 0 Å². The Labute approximate surface area is 161 Å². The van der Waals surface area contributed by atoms with E-state index in [4.69, 9.17) is 4.74 Å². The Morgan fingerprint density at radius 2 is 1.89 bits per heavy atom. The molecule has 1 aromatic carbocycles. The third kappa shape index (κ3) is 4.44. The summed E-state index contributed by atoms with van der Waals surface area (Å²) in [6.07, 6.45) is 2.59. The third-order valence-corrected chi connectivity index (χ3v) is 7.23. The number of rotatable bonds is 7. The van der Waals surface area contributed by atoms with Gasteiger partial charge < -0.3 is 15.0 Å². The smallest absolute Gasteiger partial charge is 0.243 e. The van der Waals surface area contributed by atoms with Crippen molar-refractivity contribution in [1.29, 1.82) is 0 Å². The standard InChI is InChI=1S/C19H29N3O4S/c1-3-16(4-2)20-19(23)14-21-8-7-15-13-17(5-6-18(15)21)27(24,25)22-9-11-26-12-10-22/h5-6,13,16H,3-4,7-12,14H2,1-2H3,(H,20,23). The van der Waals surface area contributed by atoms with Crippen LogP contribution in [-0.4, -0.2) is 64.1 Å². The van der Waals surface area contributed by atoms with Crippen molar-refractivity contribution in [3.8, 4) is 0 Å². The van der Waals surface area contributed by atoms with Crippen LogP contribution in [0.3, 0.4) is 0 Å². The van der Waals surface area contributed by atoms with Gasteiger partial charge in [0.05, 0.1) is 24.7 Å². The van der Waals surface area contributed by atoms with Gasteiger partial charge in [0.15, 0.2) is 0 Å². The van der Waals surface area contributed by atoms with Crippen molar-refractivity contribution in [3.63, 3.8) is 0 Å². The topological polar surface area (TPSA) is 79.0 Å². The van der Waals surface area contributed by atoms with Crippen molar-refractivity contribution >= 4 is 21.6 Å². The second-order valence-electron chi connectivity index (χ2n) is 7.06. The number of nitrogens with one attached hydrogen (secondary N) is 1. The van der Waals surface area contributed by atoms with Gasteiger partial charge in [0.25, 0.3) is 0 Å². The lowest BCUT2D eigenvalue weighted by atomic mass is 10.1. The molecule has 0 saturated carbocycles. The molecule has 0 aliphatic carbocycles. The zero-order chi connectivity index (χ0) is 19.4. The summed E-state index contributed by atoms with van der Waals surface area (Å²) in [5.41, 5.74) is 1.94. The second-order valence-corrected chi connectivity index (χ2v) is 9.00. The van der Waals surface area contributed by atoms with Gasteiger partial charge in [-0.2, -0.15) is 4.31 Å². The molecule has 7 nitrogen and oxygen atoms in total. The summed E-state index contributed by atoms with van der Waals surface area (Å²) in [6.45, 7) is 6.81. The van der Waals surface area contributed by atoms with E-state index in [2.05, 4.69) is 19.2 Å². The molecule has 2 aliphatic heterocycles. The molecule has 0 spiro atoms. The van der Waals surface area contributed by atoms with Gasteiger partial charge in [-0.15, -0.1) is 0 Å². The maximum atomic E-state index is 12.8. The summed E-state index contributed by atoms with van der Waals surface area (Å²) in [6, 6.07) is 5.46. The normalized spacial score (nSPS) is 18.0. The molecule has 2 heterocycles. The van der Waals surface area contributed by atoms with Crippen LogP contribution in [0.4, 0.5) is 5.69 Å². The fourth-order valence-corrected chi connectivity index (χ4v) is 5.11. The molecule has 2 aliphatic rings. The Morgan fingerprint density at radius 3 is 2.56 bits per heavy atom. The monoisotopic (exact) mass is 395 g/mol. The number of carbonyl (C=O) groups is 1. The number of anilines is 1. The van der Waals surface area contributed by atoms with Gasteiger partial charge in [-0.05, 0) is 43.0 Å². The molecular weight excluding hydrogens is 366 g/mol. The fraction of sp³-hybridized carbons (Fsp3) is 0.632. The summed E-state index contributed by atoms with van der Waals surface area (Å²) in [4.78, 5) is 14.7. The van der Waals surface area contributed by atoms with Crippen LogP contribution in [0.1, 0.15) is 32.3 Å². The molecule has 1 fully saturated rings. The van der Waals surface area contributed by atoms with Crippen LogP contribution < -0.4 is 10.2 Å². The first-order chi connectivity index (χ1) is 13.0. The quantitative estimate of drug-likeness (QED) is 0.755. The number of ether oxygens (including phenoxy) is 1. The Kier molecular flexibility index (Phi) is 6.39. The molecule has 1 N–H and O–H groups in total. The van der Waals surface area contributed by atoms with Crippen LogP contribution in [0.25, 0.3) is 0 Å². The lowest BCUT2D eigenvalue weighted by molar-refractivity contribution is -0.120. The summed E-state index contributed by atoms with van der Waals surface area (Å²) in [7, 11) is -3.49. The average molecular weight is 396 g/mol. The van der Waals surface area contributed by atoms with E-state index in [-0.39, 0.29) is 11.9 Å². The molecule has 0 bridgehead atoms. The number of hydrogen-bond acceptors (Lipinski definition) is 5. The van der Waals surface area contributed by atoms with Gasteiger partial charge in [-0.25, -0.2) is 8.42 Å². The van der Waals surface area contributed by atoms with E-state index < -0.39 is 10.0 Å². The minimum Gasteiger partial charge on any atom is -0.379 e. The fourth-order valence-electron chi connectivity index (χ4n) is 3.65. The predicted octanol–water partition coefficient (Wildman–Crippen LogP) is 1.37. The second kappa shape index (κ2) is 8.58. The van der Waals surface area contributed by atoms with Gasteiger partial charge in [-0.1, -0.05) is 13.8 Å². The van der Waals surface area contributed by atoms with Crippen LogP contribution in [0.2, 0.25) is 0 Å². The van der Waals surface area contributed by atoms with Gasteiger partial charge in [-0.3, -0.25) is 4.79 Å². The van der Waals surface area contributed by atoms with Crippen LogP contribution >= 0.6 is 0 Å². The number of fused-ring (bicyclic) bond motifs is 1. The predicted molar refractivity (Wildman–Crippen MR) is 104 cm³/mol. The highest BCUT2D eigenvalue weighted by Crippen LogP contribution is 2.31. The van der Waals surface area contributed by atoms with Crippen molar-refractivity contribution in [2.75, 3.05) is 44.3 Å². The van der Waals surface area contributed by atoms with Gasteiger partial charge in [0, 0.05) is 31.4 Å². The maximum Gasteiger partial charge on any atom is 0.243 e. The first-order valence-electron chi connectivity index (χ1n) is 9.70. The summed E-state index contributed by atoms with van der Waals surface area (Å²) in [5, 5.41) is 3.06. The van der Waals surface area contributed by atoms with E-state index in [1.807, 2.05) is 11.0 Å². The number of amides is 1. The molecule has 0 radical (unpaired) electrons. The third-order valence-electron chi connectivity index (χ3n) is 5.34. The van der Waals surface area contributed by atoms with Crippen LogP contribution in [0, 0.1) is 0 Å². The highest BCUT2D eigenvalue weighted by atomic mass is 32.2. The first kappa shape index (κ1) is 20.1. The number of nitrogens with zero attached hydrogens (tertiary/aromatic N) is 2. The lowest BCUT2D eigenvalue weighted by Crippen LogP contribution is -2.41. The Morgan fingerprint density at radius 1 is 1.19 bits per heavy atom. The summed E-state index contributed by atoms with van der Waals surface area (Å²) < 4.78 is 32.4. The van der Waals surface area contributed by atoms with Gasteiger partial charge in [0.2, 0.25) is 15.9 Å². The van der Waals surface area contributed by atoms with Crippen molar-refractivity contribution in [2.45, 2.75) is 44.0 Å². The molecule has 3 rings (SSSR count). The average Bonchev–Trinajstić information content (AvgIpc) is 3.08. The lowest BCUT2D eigenvalue weighted by Gasteiger charge is -2.26. The van der Waals surface area contributed by atoms with E-state index in [1.54, 1.807) is 12.1 Å². The number of sulfonamides is 1. The number of carbonyl (C=O) groups excluding carboxylic acids is 1. The zero-order valence-electron chi connectivity index (χ0n) is 16.1. The Balaban J connectivity index is 1.71. The SMILES string of the molecule is CCC(CC)NC(=O)CN1CCc2cc(S(=O)(=O)N3CCOCC3)ccc21. The molecule has 0 aromatic heterocycles. The van der Waals surface area contributed by atoms with Crippen molar-refractivity contribution in [3.05, 3.63) is 23.8 Å². The summed E-state index contributed by atoms with van der Waals surface area (Å²) in [5.74, 6) is 0.0153. The molecule has 0 atom stereocenters. The number of benzene rings is 1. The van der Waals surface area contributed by atoms with E-state index >= 15 is 0 Å².